The number of nitrogens with one attached hydrogen (secondary N) is 1. The van der Waals surface area contributed by atoms with Crippen molar-refractivity contribution < 1.29 is 13.9 Å². The van der Waals surface area contributed by atoms with E-state index >= 15 is 0 Å². The zero-order chi connectivity index (χ0) is 20.9. The van der Waals surface area contributed by atoms with E-state index in [-0.39, 0.29) is 17.1 Å². The molecule has 4 rings (SSSR count). The number of azo groups is 1. The summed E-state index contributed by atoms with van der Waals surface area (Å²) in [5, 5.41) is 15.6. The minimum atomic E-state index is -0.342. The molecule has 0 unspecified atom stereocenters. The number of hydrogen-bond donors (Lipinski definition) is 1. The standard InChI is InChI=1S/C22H20N4O4/c1-3-28-15-10-11-16-18(12-15)30-22(29-4-2)20(21(16)27)26-25-19-13-17(23-24-19)14-8-6-5-7-9-14/h5-13H,3-4H2,1-2H3,(H,23,24). The van der Waals surface area contributed by atoms with Gasteiger partial charge < -0.3 is 13.9 Å². The smallest absolute Gasteiger partial charge is 0.317 e. The van der Waals surface area contributed by atoms with Gasteiger partial charge in [0.25, 0.3) is 0 Å². The highest BCUT2D eigenvalue weighted by Crippen LogP contribution is 2.31. The van der Waals surface area contributed by atoms with Crippen molar-refractivity contribution in [2.45, 2.75) is 13.8 Å². The summed E-state index contributed by atoms with van der Waals surface area (Å²) >= 11 is 0. The Morgan fingerprint density at radius 1 is 1.00 bits per heavy atom. The maximum Gasteiger partial charge on any atom is 0.317 e. The highest BCUT2D eigenvalue weighted by atomic mass is 16.6. The molecule has 0 saturated heterocycles. The number of benzene rings is 2. The molecule has 0 aliphatic rings. The second-order valence-electron chi connectivity index (χ2n) is 6.30. The first-order valence-corrected chi connectivity index (χ1v) is 9.58. The van der Waals surface area contributed by atoms with E-state index in [9.17, 15) is 4.79 Å². The largest absolute Gasteiger partial charge is 0.494 e. The number of rotatable bonds is 7. The Morgan fingerprint density at radius 2 is 1.80 bits per heavy atom. The second-order valence-corrected chi connectivity index (χ2v) is 6.30. The van der Waals surface area contributed by atoms with Crippen LogP contribution in [0.4, 0.5) is 11.5 Å². The summed E-state index contributed by atoms with van der Waals surface area (Å²) in [4.78, 5) is 13.0. The maximum absolute atomic E-state index is 13.0. The van der Waals surface area contributed by atoms with E-state index in [0.717, 1.165) is 11.3 Å². The minimum absolute atomic E-state index is 0.00576. The van der Waals surface area contributed by atoms with Crippen molar-refractivity contribution in [3.8, 4) is 23.0 Å². The molecule has 0 aliphatic heterocycles. The van der Waals surface area contributed by atoms with E-state index < -0.39 is 0 Å². The molecule has 2 heterocycles. The first kappa shape index (κ1) is 19.4. The summed E-state index contributed by atoms with van der Waals surface area (Å²) in [6.45, 7) is 4.49. The van der Waals surface area contributed by atoms with Gasteiger partial charge in [-0.25, -0.2) is 0 Å². The van der Waals surface area contributed by atoms with Crippen LogP contribution in [0.5, 0.6) is 11.7 Å². The van der Waals surface area contributed by atoms with Gasteiger partial charge in [0, 0.05) is 12.1 Å². The molecule has 0 spiro atoms. The van der Waals surface area contributed by atoms with Crippen molar-refractivity contribution in [3.63, 3.8) is 0 Å². The molecular formula is C22H20N4O4. The van der Waals surface area contributed by atoms with Crippen LogP contribution in [0.15, 0.2) is 74.0 Å². The van der Waals surface area contributed by atoms with E-state index in [4.69, 9.17) is 13.9 Å². The highest BCUT2D eigenvalue weighted by molar-refractivity contribution is 5.81. The molecule has 0 bridgehead atoms. The Labute approximate surface area is 172 Å². The van der Waals surface area contributed by atoms with Crippen LogP contribution in [0, 0.1) is 0 Å². The molecule has 8 nitrogen and oxygen atoms in total. The molecule has 0 radical (unpaired) electrons. The first-order chi connectivity index (χ1) is 14.7. The van der Waals surface area contributed by atoms with Crippen molar-refractivity contribution in [2.24, 2.45) is 10.2 Å². The van der Waals surface area contributed by atoms with Gasteiger partial charge in [-0.1, -0.05) is 30.3 Å². The molecule has 1 N–H and O–H groups in total. The second kappa shape index (κ2) is 8.60. The average molecular weight is 404 g/mol. The summed E-state index contributed by atoms with van der Waals surface area (Å²) in [5.74, 6) is 0.948. The molecule has 8 heteroatoms. The normalized spacial score (nSPS) is 11.3. The van der Waals surface area contributed by atoms with E-state index in [0.29, 0.717) is 35.8 Å². The van der Waals surface area contributed by atoms with Crippen LogP contribution in [0.2, 0.25) is 0 Å². The Bertz CT molecular complexity index is 1250. The Hall–Kier alpha value is -3.94. The van der Waals surface area contributed by atoms with Gasteiger partial charge >= 0.3 is 5.95 Å². The zero-order valence-corrected chi connectivity index (χ0v) is 16.6. The van der Waals surface area contributed by atoms with Crippen LogP contribution in [0.25, 0.3) is 22.2 Å². The molecule has 0 aliphatic carbocycles. The monoisotopic (exact) mass is 404 g/mol. The minimum Gasteiger partial charge on any atom is -0.494 e. The first-order valence-electron chi connectivity index (χ1n) is 9.58. The number of aromatic amines is 1. The van der Waals surface area contributed by atoms with Crippen molar-refractivity contribution in [2.75, 3.05) is 13.2 Å². The Morgan fingerprint density at radius 3 is 2.57 bits per heavy atom. The van der Waals surface area contributed by atoms with Gasteiger partial charge in [-0.05, 0) is 31.5 Å². The highest BCUT2D eigenvalue weighted by Gasteiger charge is 2.17. The van der Waals surface area contributed by atoms with Gasteiger partial charge in [-0.3, -0.25) is 9.89 Å². The fraction of sp³-hybridized carbons (Fsp3) is 0.182. The molecule has 2 aromatic heterocycles. The van der Waals surface area contributed by atoms with Gasteiger partial charge in [-0.2, -0.15) is 5.10 Å². The Kier molecular flexibility index (Phi) is 5.56. The van der Waals surface area contributed by atoms with E-state index in [1.807, 2.05) is 37.3 Å². The van der Waals surface area contributed by atoms with Gasteiger partial charge in [0.05, 0.1) is 24.3 Å². The molecule has 2 aromatic carbocycles. The fourth-order valence-electron chi connectivity index (χ4n) is 2.94. The lowest BCUT2D eigenvalue weighted by atomic mass is 10.2. The summed E-state index contributed by atoms with van der Waals surface area (Å²) in [6, 6.07) is 16.5. The van der Waals surface area contributed by atoms with Crippen molar-refractivity contribution in [3.05, 3.63) is 64.8 Å². The predicted molar refractivity (Wildman–Crippen MR) is 113 cm³/mol. The SMILES string of the molecule is CCOc1ccc2c(=O)c(N=Nc3cc(-c4ccccc4)[nH]n3)c(OCC)oc2c1. The molecule has 0 atom stereocenters. The number of hydrogen-bond acceptors (Lipinski definition) is 7. The van der Waals surface area contributed by atoms with Crippen LogP contribution >= 0.6 is 0 Å². The average Bonchev–Trinajstić information content (AvgIpc) is 3.23. The van der Waals surface area contributed by atoms with E-state index in [1.165, 1.54) is 0 Å². The van der Waals surface area contributed by atoms with E-state index in [2.05, 4.69) is 20.4 Å². The van der Waals surface area contributed by atoms with Crippen LogP contribution in [0.1, 0.15) is 13.8 Å². The number of H-pyrrole nitrogens is 1. The zero-order valence-electron chi connectivity index (χ0n) is 16.6. The van der Waals surface area contributed by atoms with Crippen LogP contribution in [-0.4, -0.2) is 23.4 Å². The van der Waals surface area contributed by atoms with Gasteiger partial charge in [0.15, 0.2) is 5.82 Å². The predicted octanol–water partition coefficient (Wildman–Crippen LogP) is 5.40. The third kappa shape index (κ3) is 3.93. The summed E-state index contributed by atoms with van der Waals surface area (Å²) in [6.07, 6.45) is 0. The lowest BCUT2D eigenvalue weighted by Gasteiger charge is -2.08. The van der Waals surface area contributed by atoms with Gasteiger partial charge in [-0.15, -0.1) is 10.2 Å². The molecule has 0 saturated carbocycles. The number of nitrogens with zero attached hydrogens (tertiary/aromatic N) is 3. The summed E-state index contributed by atoms with van der Waals surface area (Å²) < 4.78 is 16.8. The molecule has 0 fully saturated rings. The van der Waals surface area contributed by atoms with Crippen molar-refractivity contribution >= 4 is 22.5 Å². The summed E-state index contributed by atoms with van der Waals surface area (Å²) in [5.41, 5.74) is 1.77. The molecule has 152 valence electrons. The van der Waals surface area contributed by atoms with Gasteiger partial charge in [0.1, 0.15) is 11.3 Å². The van der Waals surface area contributed by atoms with Gasteiger partial charge in [0.2, 0.25) is 11.1 Å². The summed E-state index contributed by atoms with van der Waals surface area (Å²) in [7, 11) is 0. The van der Waals surface area contributed by atoms with Crippen LogP contribution in [0.3, 0.4) is 0 Å². The van der Waals surface area contributed by atoms with E-state index in [1.54, 1.807) is 31.2 Å². The lowest BCUT2D eigenvalue weighted by molar-refractivity contribution is 0.262. The Balaban J connectivity index is 1.72. The molecule has 0 amide bonds. The van der Waals surface area contributed by atoms with Crippen LogP contribution in [-0.2, 0) is 0 Å². The van der Waals surface area contributed by atoms with Crippen molar-refractivity contribution in [1.82, 2.24) is 10.2 Å². The fourth-order valence-corrected chi connectivity index (χ4v) is 2.94. The topological polar surface area (TPSA) is 102 Å². The number of aromatic nitrogens is 2. The quantitative estimate of drug-likeness (QED) is 0.416. The third-order valence-corrected chi connectivity index (χ3v) is 4.30. The number of fused-ring (bicyclic) bond motifs is 1. The number of ether oxygens (including phenoxy) is 2. The molecule has 30 heavy (non-hydrogen) atoms. The third-order valence-electron chi connectivity index (χ3n) is 4.30. The lowest BCUT2D eigenvalue weighted by Crippen LogP contribution is -2.05. The van der Waals surface area contributed by atoms with Crippen molar-refractivity contribution in [1.29, 1.82) is 0 Å². The van der Waals surface area contributed by atoms with Crippen LogP contribution < -0.4 is 14.9 Å². The molecule has 4 aromatic rings. The molecular weight excluding hydrogens is 384 g/mol. The maximum atomic E-state index is 13.0.